The summed E-state index contributed by atoms with van der Waals surface area (Å²) >= 11 is 0. The maximum Gasteiger partial charge on any atom is 0.240 e. The van der Waals surface area contributed by atoms with Gasteiger partial charge in [0.05, 0.1) is 11.2 Å². The second-order valence-electron chi connectivity index (χ2n) is 5.86. The number of nitrogens with one attached hydrogen (secondary N) is 1. The van der Waals surface area contributed by atoms with E-state index in [1.165, 1.54) is 4.31 Å². The molecule has 0 aliphatic carbocycles. The van der Waals surface area contributed by atoms with Crippen molar-refractivity contribution >= 4 is 20.0 Å². The van der Waals surface area contributed by atoms with E-state index in [0.717, 1.165) is 30.5 Å². The van der Waals surface area contributed by atoms with Gasteiger partial charge in [-0.05, 0) is 45.0 Å². The topological polar surface area (TPSA) is 83.6 Å². The summed E-state index contributed by atoms with van der Waals surface area (Å²) in [6, 6.07) is 4.39. The van der Waals surface area contributed by atoms with Crippen LogP contribution in [0, 0.1) is 5.82 Å². The number of nitrogens with zero attached hydrogens (tertiary/aromatic N) is 1. The highest BCUT2D eigenvalue weighted by Gasteiger charge is 2.29. The number of sulfonamides is 2. The third-order valence-electron chi connectivity index (χ3n) is 2.88. The van der Waals surface area contributed by atoms with E-state index in [0.29, 0.717) is 0 Å². The number of rotatable bonds is 6. The summed E-state index contributed by atoms with van der Waals surface area (Å²) in [7, 11) is -7.26. The van der Waals surface area contributed by atoms with Gasteiger partial charge in [-0.15, -0.1) is 0 Å². The molecule has 0 saturated carbocycles. The zero-order valence-electron chi connectivity index (χ0n) is 13.0. The molecule has 1 aromatic rings. The minimum atomic E-state index is -3.80. The molecule has 1 aromatic carbocycles. The van der Waals surface area contributed by atoms with Crippen molar-refractivity contribution in [2.45, 2.75) is 31.2 Å². The van der Waals surface area contributed by atoms with Crippen LogP contribution in [-0.4, -0.2) is 46.0 Å². The third-order valence-corrected chi connectivity index (χ3v) is 5.89. The molecule has 0 unspecified atom stereocenters. The van der Waals surface area contributed by atoms with Gasteiger partial charge in [-0.3, -0.25) is 0 Å². The van der Waals surface area contributed by atoms with E-state index in [9.17, 15) is 21.2 Å². The molecular weight excluding hydrogens is 331 g/mol. The Morgan fingerprint density at radius 3 is 2.00 bits per heavy atom. The van der Waals surface area contributed by atoms with Crippen molar-refractivity contribution in [3.05, 3.63) is 30.1 Å². The molecule has 0 amide bonds. The zero-order valence-corrected chi connectivity index (χ0v) is 14.6. The summed E-state index contributed by atoms with van der Waals surface area (Å²) in [6.45, 7) is 5.10. The molecule has 0 aliphatic heterocycles. The second-order valence-corrected chi connectivity index (χ2v) is 9.53. The van der Waals surface area contributed by atoms with Crippen molar-refractivity contribution in [2.75, 3.05) is 19.3 Å². The average molecular weight is 352 g/mol. The molecule has 6 nitrogen and oxygen atoms in total. The molecular formula is C13H21FN2O4S2. The van der Waals surface area contributed by atoms with Gasteiger partial charge in [-0.25, -0.2) is 25.9 Å². The zero-order chi connectivity index (χ0) is 17.2. The van der Waals surface area contributed by atoms with Gasteiger partial charge in [-0.1, -0.05) is 0 Å². The van der Waals surface area contributed by atoms with Crippen molar-refractivity contribution in [1.82, 2.24) is 9.03 Å². The number of hydrogen-bond acceptors (Lipinski definition) is 4. The van der Waals surface area contributed by atoms with Gasteiger partial charge in [-0.2, -0.15) is 4.31 Å². The summed E-state index contributed by atoms with van der Waals surface area (Å²) in [4.78, 5) is -0.0736. The van der Waals surface area contributed by atoms with Crippen LogP contribution in [0.5, 0.6) is 0 Å². The van der Waals surface area contributed by atoms with Crippen LogP contribution in [0.3, 0.4) is 0 Å². The van der Waals surface area contributed by atoms with Gasteiger partial charge in [0.2, 0.25) is 20.0 Å². The van der Waals surface area contributed by atoms with E-state index in [1.54, 1.807) is 20.8 Å². The quantitative estimate of drug-likeness (QED) is 0.833. The van der Waals surface area contributed by atoms with E-state index in [-0.39, 0.29) is 18.0 Å². The normalized spacial score (nSPS) is 13.5. The minimum Gasteiger partial charge on any atom is -0.212 e. The number of benzene rings is 1. The highest BCUT2D eigenvalue weighted by molar-refractivity contribution is 7.89. The maximum atomic E-state index is 12.8. The predicted molar refractivity (Wildman–Crippen MR) is 82.9 cm³/mol. The van der Waals surface area contributed by atoms with E-state index >= 15 is 0 Å². The molecule has 9 heteroatoms. The monoisotopic (exact) mass is 352 g/mol. The van der Waals surface area contributed by atoms with Crippen LogP contribution in [0.25, 0.3) is 0 Å². The van der Waals surface area contributed by atoms with Crippen LogP contribution in [0.2, 0.25) is 0 Å². The SMILES string of the molecule is CC(C)(C)N(CCNS(=O)(=O)c1ccc(F)cc1)S(C)(=O)=O. The van der Waals surface area contributed by atoms with Crippen molar-refractivity contribution in [3.63, 3.8) is 0 Å². The predicted octanol–water partition coefficient (Wildman–Crippen LogP) is 1.16. The van der Waals surface area contributed by atoms with Gasteiger partial charge >= 0.3 is 0 Å². The van der Waals surface area contributed by atoms with Gasteiger partial charge in [0.15, 0.2) is 0 Å². The van der Waals surface area contributed by atoms with Gasteiger partial charge < -0.3 is 0 Å². The van der Waals surface area contributed by atoms with Crippen LogP contribution in [-0.2, 0) is 20.0 Å². The van der Waals surface area contributed by atoms with E-state index in [2.05, 4.69) is 4.72 Å². The van der Waals surface area contributed by atoms with Gasteiger partial charge in [0, 0.05) is 18.6 Å². The Morgan fingerprint density at radius 2 is 1.59 bits per heavy atom. The van der Waals surface area contributed by atoms with Crippen molar-refractivity contribution in [2.24, 2.45) is 0 Å². The highest BCUT2D eigenvalue weighted by Crippen LogP contribution is 2.16. The van der Waals surface area contributed by atoms with E-state index in [4.69, 9.17) is 0 Å². The fourth-order valence-corrected chi connectivity index (χ4v) is 4.42. The summed E-state index contributed by atoms with van der Waals surface area (Å²) in [5, 5.41) is 0. The summed E-state index contributed by atoms with van der Waals surface area (Å²) < 4.78 is 63.9. The lowest BCUT2D eigenvalue weighted by molar-refractivity contribution is 0.254. The Kier molecular flexibility index (Phi) is 5.71. The molecule has 126 valence electrons. The molecule has 0 radical (unpaired) electrons. The van der Waals surface area contributed by atoms with Gasteiger partial charge in [0.25, 0.3) is 0 Å². The largest absolute Gasteiger partial charge is 0.240 e. The van der Waals surface area contributed by atoms with Crippen LogP contribution >= 0.6 is 0 Å². The molecule has 0 aromatic heterocycles. The molecule has 0 saturated heterocycles. The van der Waals surface area contributed by atoms with Crippen LogP contribution in [0.1, 0.15) is 20.8 Å². The standard InChI is InChI=1S/C13H21FN2O4S2/c1-13(2,3)16(21(4,17)18)10-9-15-22(19,20)12-7-5-11(14)6-8-12/h5-8,15H,9-10H2,1-4H3. The Hall–Kier alpha value is -1.03. The first-order valence-corrected chi connectivity index (χ1v) is 9.90. The minimum absolute atomic E-state index is 0.00274. The van der Waals surface area contributed by atoms with Crippen molar-refractivity contribution < 1.29 is 21.2 Å². The van der Waals surface area contributed by atoms with Crippen LogP contribution in [0.4, 0.5) is 4.39 Å². The molecule has 0 heterocycles. The first-order chi connectivity index (χ1) is 9.84. The lowest BCUT2D eigenvalue weighted by Crippen LogP contribution is -2.48. The smallest absolute Gasteiger partial charge is 0.212 e. The molecule has 0 atom stereocenters. The van der Waals surface area contributed by atoms with Crippen molar-refractivity contribution in [3.8, 4) is 0 Å². The van der Waals surface area contributed by atoms with Crippen LogP contribution < -0.4 is 4.72 Å². The Bertz CT molecular complexity index is 707. The molecule has 0 bridgehead atoms. The summed E-state index contributed by atoms with van der Waals surface area (Å²) in [5.41, 5.74) is -0.658. The molecule has 1 N–H and O–H groups in total. The lowest BCUT2D eigenvalue weighted by Gasteiger charge is -2.33. The summed E-state index contributed by atoms with van der Waals surface area (Å²) in [5.74, 6) is -0.532. The Balaban J connectivity index is 2.79. The lowest BCUT2D eigenvalue weighted by atomic mass is 10.1. The fraction of sp³-hybridized carbons (Fsp3) is 0.538. The average Bonchev–Trinajstić information content (AvgIpc) is 2.32. The Morgan fingerprint density at radius 1 is 1.09 bits per heavy atom. The highest BCUT2D eigenvalue weighted by atomic mass is 32.2. The molecule has 22 heavy (non-hydrogen) atoms. The van der Waals surface area contributed by atoms with Crippen molar-refractivity contribution in [1.29, 1.82) is 0 Å². The Labute approximate surface area is 131 Å². The molecule has 0 spiro atoms. The van der Waals surface area contributed by atoms with E-state index in [1.807, 2.05) is 0 Å². The maximum absolute atomic E-state index is 12.8. The fourth-order valence-electron chi connectivity index (χ4n) is 1.98. The first kappa shape index (κ1) is 19.0. The second kappa shape index (κ2) is 6.61. The van der Waals surface area contributed by atoms with Gasteiger partial charge in [0.1, 0.15) is 5.82 Å². The van der Waals surface area contributed by atoms with Crippen LogP contribution in [0.15, 0.2) is 29.2 Å². The first-order valence-electron chi connectivity index (χ1n) is 6.57. The summed E-state index contributed by atoms with van der Waals surface area (Å²) in [6.07, 6.45) is 1.08. The molecule has 1 rings (SSSR count). The third kappa shape index (κ3) is 5.31. The molecule has 0 aliphatic rings. The van der Waals surface area contributed by atoms with E-state index < -0.39 is 31.4 Å². The number of hydrogen-bond donors (Lipinski definition) is 1. The number of halogens is 1. The molecule has 0 fully saturated rings.